The molecule has 0 aliphatic carbocycles. The molecule has 3 nitrogen and oxygen atoms in total. The summed E-state index contributed by atoms with van der Waals surface area (Å²) in [5.74, 6) is 0. The highest BCUT2D eigenvalue weighted by molar-refractivity contribution is 6.15. The molecule has 0 bridgehead atoms. The average molecular weight is 577 g/mol. The van der Waals surface area contributed by atoms with E-state index in [2.05, 4.69) is 156 Å². The lowest BCUT2D eigenvalue weighted by molar-refractivity contribution is 0.669. The van der Waals surface area contributed by atoms with Crippen molar-refractivity contribution in [3.63, 3.8) is 0 Å². The maximum atomic E-state index is 6.26. The number of anilines is 2. The number of hydrogen-bond acceptors (Lipinski definition) is 2. The Hall–Kier alpha value is -6.06. The minimum absolute atomic E-state index is 0.890. The second-order valence-corrected chi connectivity index (χ2v) is 11.4. The highest BCUT2D eigenvalue weighted by Crippen LogP contribution is 2.45. The number of aromatic amines is 1. The van der Waals surface area contributed by atoms with Gasteiger partial charge in [-0.2, -0.15) is 0 Å². The molecular weight excluding hydrogens is 548 g/mol. The highest BCUT2D eigenvalue weighted by atomic mass is 16.3. The number of H-pyrrole nitrogens is 1. The monoisotopic (exact) mass is 576 g/mol. The minimum atomic E-state index is 0.890. The first kappa shape index (κ1) is 25.4. The van der Waals surface area contributed by atoms with E-state index in [0.29, 0.717) is 0 Å². The topological polar surface area (TPSA) is 41.0 Å². The van der Waals surface area contributed by atoms with Gasteiger partial charge in [0, 0.05) is 55.1 Å². The van der Waals surface area contributed by atoms with E-state index in [1.807, 2.05) is 12.1 Å². The number of rotatable bonds is 5. The molecule has 0 aliphatic rings. The molecular formula is C42H28N2O. The van der Waals surface area contributed by atoms with Gasteiger partial charge in [0.2, 0.25) is 0 Å². The van der Waals surface area contributed by atoms with E-state index in [0.717, 1.165) is 66.6 Å². The quantitative estimate of drug-likeness (QED) is 0.214. The predicted octanol–water partition coefficient (Wildman–Crippen LogP) is 12.0. The Morgan fingerprint density at radius 1 is 0.422 bits per heavy atom. The molecule has 7 aromatic carbocycles. The molecule has 0 saturated heterocycles. The Morgan fingerprint density at radius 2 is 1.04 bits per heavy atom. The molecule has 2 N–H and O–H groups in total. The standard InChI is InChI=1S/C42H28N2O/c1-2-13-27(14-3-1)28-18-11-24-37(40(28)34-21-10-20-32-30-16-5-8-23-36(30)44-42(32)34)43-35-22-7-4-15-29(35)31-19-12-26-39-41(31)33-17-6-9-25-38(33)45-39/h1-26,43-44H. The Kier molecular flexibility index (Phi) is 5.82. The van der Waals surface area contributed by atoms with Crippen LogP contribution in [0, 0.1) is 0 Å². The summed E-state index contributed by atoms with van der Waals surface area (Å²) >= 11 is 0. The summed E-state index contributed by atoms with van der Waals surface area (Å²) in [7, 11) is 0. The Balaban J connectivity index is 1.28. The van der Waals surface area contributed by atoms with Gasteiger partial charge in [-0.05, 0) is 47.0 Å². The fourth-order valence-electron chi connectivity index (χ4n) is 6.86. The number of benzene rings is 7. The van der Waals surface area contributed by atoms with Crippen LogP contribution in [0.25, 0.3) is 77.1 Å². The van der Waals surface area contributed by atoms with E-state index >= 15 is 0 Å². The zero-order valence-corrected chi connectivity index (χ0v) is 24.4. The van der Waals surface area contributed by atoms with Gasteiger partial charge in [-0.25, -0.2) is 0 Å². The van der Waals surface area contributed by atoms with Crippen molar-refractivity contribution in [2.24, 2.45) is 0 Å². The van der Waals surface area contributed by atoms with E-state index in [9.17, 15) is 0 Å². The lowest BCUT2D eigenvalue weighted by Gasteiger charge is -2.20. The van der Waals surface area contributed by atoms with Crippen molar-refractivity contribution in [2.45, 2.75) is 0 Å². The largest absolute Gasteiger partial charge is 0.456 e. The van der Waals surface area contributed by atoms with Gasteiger partial charge < -0.3 is 14.7 Å². The van der Waals surface area contributed by atoms with Gasteiger partial charge in [0.1, 0.15) is 11.2 Å². The first-order valence-corrected chi connectivity index (χ1v) is 15.3. The molecule has 3 heteroatoms. The number of nitrogens with one attached hydrogen (secondary N) is 2. The van der Waals surface area contributed by atoms with Crippen LogP contribution < -0.4 is 5.32 Å². The third kappa shape index (κ3) is 4.13. The summed E-state index contributed by atoms with van der Waals surface area (Å²) in [5.41, 5.74) is 13.0. The molecule has 9 aromatic rings. The van der Waals surface area contributed by atoms with Crippen LogP contribution in [0.2, 0.25) is 0 Å². The third-order valence-electron chi connectivity index (χ3n) is 8.85. The fourth-order valence-corrected chi connectivity index (χ4v) is 6.86. The first-order chi connectivity index (χ1) is 22.3. The van der Waals surface area contributed by atoms with E-state index in [-0.39, 0.29) is 0 Å². The number of para-hydroxylation sites is 4. The minimum Gasteiger partial charge on any atom is -0.456 e. The van der Waals surface area contributed by atoms with Crippen molar-refractivity contribution < 1.29 is 4.42 Å². The van der Waals surface area contributed by atoms with Gasteiger partial charge in [-0.15, -0.1) is 0 Å². The van der Waals surface area contributed by atoms with Crippen LogP contribution in [0.3, 0.4) is 0 Å². The molecule has 0 amide bonds. The van der Waals surface area contributed by atoms with Crippen molar-refractivity contribution >= 4 is 55.1 Å². The summed E-state index contributed by atoms with van der Waals surface area (Å²) < 4.78 is 6.26. The molecule has 45 heavy (non-hydrogen) atoms. The van der Waals surface area contributed by atoms with Crippen molar-refractivity contribution in [3.05, 3.63) is 158 Å². The smallest absolute Gasteiger partial charge is 0.136 e. The molecule has 0 radical (unpaired) electrons. The predicted molar refractivity (Wildman–Crippen MR) is 189 cm³/mol. The molecule has 0 unspecified atom stereocenters. The van der Waals surface area contributed by atoms with Gasteiger partial charge in [0.25, 0.3) is 0 Å². The molecule has 2 aromatic heterocycles. The zero-order valence-electron chi connectivity index (χ0n) is 24.4. The van der Waals surface area contributed by atoms with E-state index < -0.39 is 0 Å². The molecule has 9 rings (SSSR count). The summed E-state index contributed by atoms with van der Waals surface area (Å²) in [6.45, 7) is 0. The second-order valence-electron chi connectivity index (χ2n) is 11.4. The van der Waals surface area contributed by atoms with Crippen LogP contribution >= 0.6 is 0 Å². The molecule has 0 fully saturated rings. The Bertz CT molecular complexity index is 2520. The van der Waals surface area contributed by atoms with Crippen molar-refractivity contribution in [2.75, 3.05) is 5.32 Å². The first-order valence-electron chi connectivity index (χ1n) is 15.3. The average Bonchev–Trinajstić information content (AvgIpc) is 3.68. The molecule has 0 aliphatic heterocycles. The summed E-state index contributed by atoms with van der Waals surface area (Å²) in [4.78, 5) is 3.75. The summed E-state index contributed by atoms with van der Waals surface area (Å²) in [6, 6.07) is 55.5. The van der Waals surface area contributed by atoms with Gasteiger partial charge in [0.05, 0.1) is 5.52 Å². The highest BCUT2D eigenvalue weighted by Gasteiger charge is 2.19. The molecule has 0 saturated carbocycles. The van der Waals surface area contributed by atoms with Gasteiger partial charge in [-0.1, -0.05) is 127 Å². The van der Waals surface area contributed by atoms with Crippen LogP contribution in [0.15, 0.2) is 162 Å². The van der Waals surface area contributed by atoms with Crippen molar-refractivity contribution in [3.8, 4) is 33.4 Å². The number of furan rings is 1. The zero-order chi connectivity index (χ0) is 29.7. The Labute approximate surface area is 260 Å². The van der Waals surface area contributed by atoms with Crippen molar-refractivity contribution in [1.82, 2.24) is 4.98 Å². The van der Waals surface area contributed by atoms with Gasteiger partial charge in [0.15, 0.2) is 0 Å². The van der Waals surface area contributed by atoms with E-state index in [4.69, 9.17) is 4.42 Å². The van der Waals surface area contributed by atoms with Crippen LogP contribution in [-0.2, 0) is 0 Å². The SMILES string of the molecule is c1ccc(-c2cccc(Nc3ccccc3-c3cccc4oc5ccccc5c34)c2-c2cccc3c2[nH]c2ccccc23)cc1. The Morgan fingerprint density at radius 3 is 1.98 bits per heavy atom. The molecule has 212 valence electrons. The normalized spacial score (nSPS) is 11.6. The van der Waals surface area contributed by atoms with E-state index in [1.165, 1.54) is 21.9 Å². The second kappa shape index (κ2) is 10.3. The van der Waals surface area contributed by atoms with Crippen LogP contribution in [-0.4, -0.2) is 4.98 Å². The lowest BCUT2D eigenvalue weighted by atomic mass is 9.91. The molecule has 0 atom stereocenters. The number of hydrogen-bond donors (Lipinski definition) is 2. The fraction of sp³-hybridized carbons (Fsp3) is 0. The van der Waals surface area contributed by atoms with Gasteiger partial charge in [-0.3, -0.25) is 0 Å². The molecule has 0 spiro atoms. The lowest BCUT2D eigenvalue weighted by Crippen LogP contribution is -1.98. The van der Waals surface area contributed by atoms with Crippen LogP contribution in [0.4, 0.5) is 11.4 Å². The van der Waals surface area contributed by atoms with E-state index in [1.54, 1.807) is 0 Å². The van der Waals surface area contributed by atoms with Gasteiger partial charge >= 0.3 is 0 Å². The maximum Gasteiger partial charge on any atom is 0.136 e. The van der Waals surface area contributed by atoms with Crippen LogP contribution in [0.1, 0.15) is 0 Å². The van der Waals surface area contributed by atoms with Crippen LogP contribution in [0.5, 0.6) is 0 Å². The summed E-state index contributed by atoms with van der Waals surface area (Å²) in [6.07, 6.45) is 0. The molecule has 2 heterocycles. The number of aromatic nitrogens is 1. The number of fused-ring (bicyclic) bond motifs is 6. The third-order valence-corrected chi connectivity index (χ3v) is 8.85. The summed E-state index contributed by atoms with van der Waals surface area (Å²) in [5, 5.41) is 8.60. The van der Waals surface area contributed by atoms with Crippen molar-refractivity contribution in [1.29, 1.82) is 0 Å². The maximum absolute atomic E-state index is 6.26.